The molecule has 8 nitrogen and oxygen atoms in total. The summed E-state index contributed by atoms with van der Waals surface area (Å²) in [5.74, 6) is 0. The molecule has 4 atom stereocenters. The lowest BCUT2D eigenvalue weighted by atomic mass is 10.1. The second kappa shape index (κ2) is 9.36. The minimum atomic E-state index is -4.55. The molecule has 36 heavy (non-hydrogen) atoms. The molecule has 0 unspecified atom stereocenters. The van der Waals surface area contributed by atoms with Gasteiger partial charge in [-0.2, -0.15) is 13.2 Å². The van der Waals surface area contributed by atoms with Crippen LogP contribution in [0.1, 0.15) is 5.56 Å². The van der Waals surface area contributed by atoms with Crippen LogP contribution in [0.2, 0.25) is 0 Å². The van der Waals surface area contributed by atoms with Crippen LogP contribution in [0, 0.1) is 0 Å². The molecule has 2 fully saturated rings. The van der Waals surface area contributed by atoms with Gasteiger partial charge in [0.25, 0.3) is 0 Å². The fourth-order valence-electron chi connectivity index (χ4n) is 4.33. The third-order valence-electron chi connectivity index (χ3n) is 6.04. The maximum atomic E-state index is 13.0. The number of ether oxygens (including phenoxy) is 3. The van der Waals surface area contributed by atoms with E-state index in [1.165, 1.54) is 18.2 Å². The highest BCUT2D eigenvalue weighted by atomic mass is 32.2. The number of halogens is 3. The second-order valence-electron chi connectivity index (χ2n) is 8.48. The molecule has 2 heterocycles. The third kappa shape index (κ3) is 5.03. The fourth-order valence-corrected chi connectivity index (χ4v) is 5.59. The van der Waals surface area contributed by atoms with Gasteiger partial charge >= 0.3 is 12.3 Å². The van der Waals surface area contributed by atoms with Gasteiger partial charge in [0.05, 0.1) is 29.7 Å². The molecule has 0 aliphatic carbocycles. The Labute approximate surface area is 204 Å². The summed E-state index contributed by atoms with van der Waals surface area (Å²) >= 11 is 0. The average molecular weight is 523 g/mol. The van der Waals surface area contributed by atoms with Crippen molar-refractivity contribution in [2.45, 2.75) is 35.4 Å². The van der Waals surface area contributed by atoms with Gasteiger partial charge < -0.3 is 14.2 Å². The minimum absolute atomic E-state index is 0.00273. The summed E-state index contributed by atoms with van der Waals surface area (Å²) in [7, 11) is -3.89. The maximum Gasteiger partial charge on any atom is 0.416 e. The van der Waals surface area contributed by atoms with Gasteiger partial charge in [0.1, 0.15) is 12.2 Å². The van der Waals surface area contributed by atoms with Crippen LogP contribution in [-0.4, -0.2) is 52.1 Å². The lowest BCUT2D eigenvalue weighted by molar-refractivity contribution is -0.137. The van der Waals surface area contributed by atoms with Crippen LogP contribution >= 0.6 is 0 Å². The number of carbonyl (C=O) groups is 1. The highest BCUT2D eigenvalue weighted by molar-refractivity contribution is 7.89. The number of hydrogen-bond donors (Lipinski definition) is 2. The molecule has 3 aromatic rings. The molecule has 12 heteroatoms. The number of rotatable bonds is 5. The number of sulfonamides is 1. The number of hydrogen-bond acceptors (Lipinski definition) is 6. The Morgan fingerprint density at radius 3 is 2.44 bits per heavy atom. The summed E-state index contributed by atoms with van der Waals surface area (Å²) in [5, 5.41) is 3.94. The average Bonchev–Trinajstić information content (AvgIpc) is 3.41. The predicted molar refractivity (Wildman–Crippen MR) is 123 cm³/mol. The SMILES string of the molecule is O=C(Nc1cccc(C(F)(F)F)c1)O[C@@H]1CO[C@H]2[C@@H]1OC[C@@H]2NS(=O)(=O)c1ccc2ccccc2c1. The van der Waals surface area contributed by atoms with Gasteiger partial charge in [0.2, 0.25) is 10.0 Å². The summed E-state index contributed by atoms with van der Waals surface area (Å²) in [5.41, 5.74) is -0.996. The first-order valence-corrected chi connectivity index (χ1v) is 12.5. The number of nitrogens with one attached hydrogen (secondary N) is 2. The molecule has 0 bridgehead atoms. The van der Waals surface area contributed by atoms with Gasteiger partial charge in [-0.1, -0.05) is 36.4 Å². The number of anilines is 1. The first kappa shape index (κ1) is 24.5. The third-order valence-corrected chi connectivity index (χ3v) is 7.53. The monoisotopic (exact) mass is 522 g/mol. The van der Waals surface area contributed by atoms with E-state index in [0.29, 0.717) is 0 Å². The summed E-state index contributed by atoms with van der Waals surface area (Å²) in [6.45, 7) is -0.0587. The van der Waals surface area contributed by atoms with E-state index in [1.807, 2.05) is 24.3 Å². The quantitative estimate of drug-likeness (QED) is 0.527. The molecule has 2 aliphatic rings. The van der Waals surface area contributed by atoms with E-state index in [2.05, 4.69) is 10.0 Å². The van der Waals surface area contributed by atoms with Crippen molar-refractivity contribution in [2.75, 3.05) is 18.5 Å². The smallest absolute Gasteiger partial charge is 0.416 e. The van der Waals surface area contributed by atoms with Crippen LogP contribution < -0.4 is 10.0 Å². The molecule has 3 aromatic carbocycles. The highest BCUT2D eigenvalue weighted by Crippen LogP contribution is 2.32. The number of benzene rings is 3. The van der Waals surface area contributed by atoms with E-state index < -0.39 is 52.2 Å². The van der Waals surface area contributed by atoms with Gasteiger partial charge in [-0.25, -0.2) is 17.9 Å². The van der Waals surface area contributed by atoms with E-state index >= 15 is 0 Å². The van der Waals surface area contributed by atoms with Gasteiger partial charge in [0.15, 0.2) is 6.10 Å². The van der Waals surface area contributed by atoms with Crippen molar-refractivity contribution in [1.29, 1.82) is 0 Å². The van der Waals surface area contributed by atoms with Gasteiger partial charge in [-0.05, 0) is 41.1 Å². The van der Waals surface area contributed by atoms with E-state index in [1.54, 1.807) is 12.1 Å². The zero-order valence-corrected chi connectivity index (χ0v) is 19.4. The van der Waals surface area contributed by atoms with Crippen LogP contribution in [-0.2, 0) is 30.4 Å². The second-order valence-corrected chi connectivity index (χ2v) is 10.2. The Kier molecular flexibility index (Phi) is 6.37. The minimum Gasteiger partial charge on any atom is -0.441 e. The van der Waals surface area contributed by atoms with Crippen LogP contribution in [0.25, 0.3) is 10.8 Å². The number of amides is 1. The molecule has 2 saturated heterocycles. The van der Waals surface area contributed by atoms with Crippen molar-refractivity contribution in [3.63, 3.8) is 0 Å². The van der Waals surface area contributed by atoms with E-state index in [9.17, 15) is 26.4 Å². The molecule has 0 aromatic heterocycles. The molecule has 0 radical (unpaired) electrons. The van der Waals surface area contributed by atoms with Crippen LogP contribution in [0.15, 0.2) is 71.6 Å². The lowest BCUT2D eigenvalue weighted by Crippen LogP contribution is -2.44. The number of fused-ring (bicyclic) bond motifs is 2. The Bertz CT molecular complexity index is 1400. The predicted octanol–water partition coefficient (Wildman–Crippen LogP) is 3.92. The van der Waals surface area contributed by atoms with E-state index in [4.69, 9.17) is 14.2 Å². The Hall–Kier alpha value is -3.19. The van der Waals surface area contributed by atoms with Crippen molar-refractivity contribution in [3.05, 3.63) is 72.3 Å². The fraction of sp³-hybridized carbons (Fsp3) is 0.292. The standard InChI is InChI=1S/C24H21F3N2O6S/c25-24(26,27)16-6-3-7-17(11-16)28-23(30)35-20-13-34-21-19(12-33-22(20)21)29-36(31,32)18-9-8-14-4-1-2-5-15(14)10-18/h1-11,19-22,29H,12-13H2,(H,28,30)/t19-,20+,21+,22+/m0/s1. The Morgan fingerprint density at radius 2 is 1.67 bits per heavy atom. The molecule has 1 amide bonds. The van der Waals surface area contributed by atoms with E-state index in [-0.39, 0.29) is 23.8 Å². The maximum absolute atomic E-state index is 13.0. The molecular weight excluding hydrogens is 501 g/mol. The highest BCUT2D eigenvalue weighted by Gasteiger charge is 2.50. The van der Waals surface area contributed by atoms with Crippen LogP contribution in [0.5, 0.6) is 0 Å². The van der Waals surface area contributed by atoms with Crippen LogP contribution in [0.3, 0.4) is 0 Å². The van der Waals surface area contributed by atoms with Gasteiger partial charge in [-0.15, -0.1) is 0 Å². The molecule has 5 rings (SSSR count). The van der Waals surface area contributed by atoms with Gasteiger partial charge in [0, 0.05) is 5.69 Å². The Balaban J connectivity index is 1.21. The molecule has 2 N–H and O–H groups in total. The molecule has 0 saturated carbocycles. The largest absolute Gasteiger partial charge is 0.441 e. The zero-order chi connectivity index (χ0) is 25.5. The van der Waals surface area contributed by atoms with Crippen molar-refractivity contribution in [2.24, 2.45) is 0 Å². The first-order valence-electron chi connectivity index (χ1n) is 11.0. The normalized spacial score (nSPS) is 24.0. The topological polar surface area (TPSA) is 103 Å². The summed E-state index contributed by atoms with van der Waals surface area (Å²) in [6.07, 6.45) is -7.84. The molecule has 190 valence electrons. The van der Waals surface area contributed by atoms with Crippen molar-refractivity contribution >= 4 is 32.6 Å². The Morgan fingerprint density at radius 1 is 0.917 bits per heavy atom. The number of carbonyl (C=O) groups excluding carboxylic acids is 1. The van der Waals surface area contributed by atoms with Crippen molar-refractivity contribution < 1.29 is 40.6 Å². The van der Waals surface area contributed by atoms with E-state index in [0.717, 1.165) is 22.9 Å². The summed E-state index contributed by atoms with van der Waals surface area (Å²) in [6, 6.07) is 15.6. The summed E-state index contributed by atoms with van der Waals surface area (Å²) < 4.78 is 83.9. The van der Waals surface area contributed by atoms with Crippen molar-refractivity contribution in [1.82, 2.24) is 4.72 Å². The first-order chi connectivity index (χ1) is 17.1. The van der Waals surface area contributed by atoms with Crippen molar-refractivity contribution in [3.8, 4) is 0 Å². The molecule has 0 spiro atoms. The van der Waals surface area contributed by atoms with Crippen LogP contribution in [0.4, 0.5) is 23.7 Å². The molecular formula is C24H21F3N2O6S. The lowest BCUT2D eigenvalue weighted by Gasteiger charge is -2.18. The number of alkyl halides is 3. The van der Waals surface area contributed by atoms with Gasteiger partial charge in [-0.3, -0.25) is 5.32 Å². The molecule has 2 aliphatic heterocycles. The zero-order valence-electron chi connectivity index (χ0n) is 18.6. The summed E-state index contributed by atoms with van der Waals surface area (Å²) in [4.78, 5) is 12.4.